The molecule has 2 rings (SSSR count). The highest BCUT2D eigenvalue weighted by molar-refractivity contribution is 5.27. The lowest BCUT2D eigenvalue weighted by molar-refractivity contribution is 0.303. The van der Waals surface area contributed by atoms with Crippen LogP contribution in [0.5, 0.6) is 5.75 Å². The molecule has 0 aliphatic heterocycles. The van der Waals surface area contributed by atoms with E-state index in [1.807, 2.05) is 44.3 Å². The van der Waals surface area contributed by atoms with E-state index in [-0.39, 0.29) is 0 Å². The summed E-state index contributed by atoms with van der Waals surface area (Å²) in [7, 11) is 1.90. The van der Waals surface area contributed by atoms with E-state index in [0.29, 0.717) is 6.61 Å². The van der Waals surface area contributed by atoms with E-state index in [1.165, 1.54) is 5.56 Å². The zero-order valence-electron chi connectivity index (χ0n) is 11.1. The maximum Gasteiger partial charge on any atom is 0.119 e. The fourth-order valence-electron chi connectivity index (χ4n) is 1.79. The van der Waals surface area contributed by atoms with Crippen LogP contribution in [0.1, 0.15) is 22.6 Å². The summed E-state index contributed by atoms with van der Waals surface area (Å²) in [4.78, 5) is 0. The Kier molecular flexibility index (Phi) is 4.05. The predicted octanol–water partition coefficient (Wildman–Crippen LogP) is 3.19. The highest BCUT2D eigenvalue weighted by atomic mass is 16.5. The summed E-state index contributed by atoms with van der Waals surface area (Å²) in [6, 6.07) is 10.1. The molecule has 0 aliphatic rings. The number of hydrogen-bond donors (Lipinski definition) is 1. The van der Waals surface area contributed by atoms with Crippen molar-refractivity contribution >= 4 is 0 Å². The molecular weight excluding hydrogens is 226 g/mol. The van der Waals surface area contributed by atoms with Gasteiger partial charge in [0.05, 0.1) is 6.54 Å². The van der Waals surface area contributed by atoms with Gasteiger partial charge < -0.3 is 14.5 Å². The van der Waals surface area contributed by atoms with Crippen molar-refractivity contribution in [3.05, 3.63) is 53.0 Å². The van der Waals surface area contributed by atoms with E-state index < -0.39 is 0 Å². The highest BCUT2D eigenvalue weighted by Crippen LogP contribution is 2.18. The van der Waals surface area contributed by atoms with E-state index in [9.17, 15) is 0 Å². The first kappa shape index (κ1) is 12.7. The molecule has 0 radical (unpaired) electrons. The first-order valence-corrected chi connectivity index (χ1v) is 6.11. The van der Waals surface area contributed by atoms with Crippen molar-refractivity contribution in [3.63, 3.8) is 0 Å². The monoisotopic (exact) mass is 245 g/mol. The molecule has 1 aromatic heterocycles. The Hall–Kier alpha value is -1.74. The quantitative estimate of drug-likeness (QED) is 0.878. The van der Waals surface area contributed by atoms with Crippen LogP contribution < -0.4 is 10.1 Å². The Labute approximate surface area is 108 Å². The normalized spacial score (nSPS) is 10.6. The van der Waals surface area contributed by atoms with Crippen molar-refractivity contribution in [1.29, 1.82) is 0 Å². The van der Waals surface area contributed by atoms with Crippen LogP contribution in [-0.4, -0.2) is 7.05 Å². The Bertz CT molecular complexity index is 500. The lowest BCUT2D eigenvalue weighted by Gasteiger charge is -2.05. The fraction of sp³-hybridized carbons (Fsp3) is 0.333. The third kappa shape index (κ3) is 3.14. The Balaban J connectivity index is 1.99. The van der Waals surface area contributed by atoms with Gasteiger partial charge in [-0.2, -0.15) is 0 Å². The standard InChI is InChI=1S/C15H19NO2/c1-11-4-6-14(7-5-11)17-10-13-8-15(9-16-3)18-12(13)2/h4-8,16H,9-10H2,1-3H3. The predicted molar refractivity (Wildman–Crippen MR) is 71.7 cm³/mol. The van der Waals surface area contributed by atoms with Crippen molar-refractivity contribution in [1.82, 2.24) is 5.32 Å². The minimum atomic E-state index is 0.544. The molecule has 1 heterocycles. The average molecular weight is 245 g/mol. The Morgan fingerprint density at radius 3 is 2.56 bits per heavy atom. The molecule has 1 aromatic carbocycles. The third-order valence-corrected chi connectivity index (χ3v) is 2.84. The van der Waals surface area contributed by atoms with Gasteiger partial charge in [-0.25, -0.2) is 0 Å². The minimum Gasteiger partial charge on any atom is -0.489 e. The lowest BCUT2D eigenvalue weighted by Crippen LogP contribution is -2.03. The van der Waals surface area contributed by atoms with Crippen molar-refractivity contribution in [2.24, 2.45) is 0 Å². The molecule has 0 saturated carbocycles. The summed E-state index contributed by atoms with van der Waals surface area (Å²) in [5.41, 5.74) is 2.33. The van der Waals surface area contributed by atoms with Crippen LogP contribution in [0, 0.1) is 13.8 Å². The molecular formula is C15H19NO2. The molecule has 1 N–H and O–H groups in total. The maximum atomic E-state index is 5.74. The average Bonchev–Trinajstić information content (AvgIpc) is 2.70. The van der Waals surface area contributed by atoms with Gasteiger partial charge in [-0.1, -0.05) is 17.7 Å². The van der Waals surface area contributed by atoms with Gasteiger partial charge in [0.1, 0.15) is 23.9 Å². The topological polar surface area (TPSA) is 34.4 Å². The number of nitrogens with one attached hydrogen (secondary N) is 1. The van der Waals surface area contributed by atoms with Crippen LogP contribution in [0.15, 0.2) is 34.7 Å². The van der Waals surface area contributed by atoms with Gasteiger partial charge >= 0.3 is 0 Å². The molecule has 3 nitrogen and oxygen atoms in total. The van der Waals surface area contributed by atoms with Gasteiger partial charge in [0.15, 0.2) is 0 Å². The largest absolute Gasteiger partial charge is 0.489 e. The molecule has 0 bridgehead atoms. The Morgan fingerprint density at radius 1 is 1.17 bits per heavy atom. The number of rotatable bonds is 5. The molecule has 0 saturated heterocycles. The van der Waals surface area contributed by atoms with Crippen LogP contribution >= 0.6 is 0 Å². The van der Waals surface area contributed by atoms with E-state index in [1.54, 1.807) is 0 Å². The minimum absolute atomic E-state index is 0.544. The number of hydrogen-bond acceptors (Lipinski definition) is 3. The second-order valence-corrected chi connectivity index (χ2v) is 4.43. The van der Waals surface area contributed by atoms with Crippen LogP contribution in [0.25, 0.3) is 0 Å². The Morgan fingerprint density at radius 2 is 1.89 bits per heavy atom. The highest BCUT2D eigenvalue weighted by Gasteiger charge is 2.07. The third-order valence-electron chi connectivity index (χ3n) is 2.84. The zero-order chi connectivity index (χ0) is 13.0. The lowest BCUT2D eigenvalue weighted by atomic mass is 10.2. The van der Waals surface area contributed by atoms with Crippen molar-refractivity contribution < 1.29 is 9.15 Å². The SMILES string of the molecule is CNCc1cc(COc2ccc(C)cc2)c(C)o1. The summed E-state index contributed by atoms with van der Waals surface area (Å²) < 4.78 is 11.4. The van der Waals surface area contributed by atoms with Crippen molar-refractivity contribution in [2.75, 3.05) is 7.05 Å². The summed E-state index contributed by atoms with van der Waals surface area (Å²) in [6.07, 6.45) is 0. The summed E-state index contributed by atoms with van der Waals surface area (Å²) in [6.45, 7) is 5.31. The van der Waals surface area contributed by atoms with E-state index in [4.69, 9.17) is 9.15 Å². The molecule has 96 valence electrons. The molecule has 2 aromatic rings. The first-order valence-electron chi connectivity index (χ1n) is 6.11. The van der Waals surface area contributed by atoms with Crippen LogP contribution in [0.3, 0.4) is 0 Å². The number of aryl methyl sites for hydroxylation is 2. The molecule has 0 unspecified atom stereocenters. The number of ether oxygens (including phenoxy) is 1. The number of benzene rings is 1. The van der Waals surface area contributed by atoms with Crippen molar-refractivity contribution in [3.8, 4) is 5.75 Å². The summed E-state index contributed by atoms with van der Waals surface area (Å²) in [5.74, 6) is 2.75. The first-order chi connectivity index (χ1) is 8.69. The van der Waals surface area contributed by atoms with E-state index >= 15 is 0 Å². The zero-order valence-corrected chi connectivity index (χ0v) is 11.1. The molecule has 3 heteroatoms. The van der Waals surface area contributed by atoms with Gasteiger partial charge in [-0.15, -0.1) is 0 Å². The maximum absolute atomic E-state index is 5.74. The van der Waals surface area contributed by atoms with Gasteiger partial charge in [0.2, 0.25) is 0 Å². The molecule has 0 atom stereocenters. The second-order valence-electron chi connectivity index (χ2n) is 4.43. The van der Waals surface area contributed by atoms with Crippen LogP contribution in [0.2, 0.25) is 0 Å². The molecule has 0 spiro atoms. The molecule has 0 amide bonds. The van der Waals surface area contributed by atoms with E-state index in [0.717, 1.165) is 29.4 Å². The smallest absolute Gasteiger partial charge is 0.119 e. The molecule has 0 fully saturated rings. The van der Waals surface area contributed by atoms with E-state index in [2.05, 4.69) is 12.2 Å². The molecule has 0 aliphatic carbocycles. The summed E-state index contributed by atoms with van der Waals surface area (Å²) >= 11 is 0. The van der Waals surface area contributed by atoms with Gasteiger partial charge in [0.25, 0.3) is 0 Å². The van der Waals surface area contributed by atoms with Crippen molar-refractivity contribution in [2.45, 2.75) is 27.0 Å². The van der Waals surface area contributed by atoms with Gasteiger partial charge in [0, 0.05) is 5.56 Å². The fourth-order valence-corrected chi connectivity index (χ4v) is 1.79. The van der Waals surface area contributed by atoms with Gasteiger partial charge in [-0.05, 0) is 39.1 Å². The second kappa shape index (κ2) is 5.74. The summed E-state index contributed by atoms with van der Waals surface area (Å²) in [5, 5.41) is 3.07. The van der Waals surface area contributed by atoms with Crippen LogP contribution in [-0.2, 0) is 13.2 Å². The van der Waals surface area contributed by atoms with Crippen LogP contribution in [0.4, 0.5) is 0 Å². The number of furan rings is 1. The van der Waals surface area contributed by atoms with Gasteiger partial charge in [-0.3, -0.25) is 0 Å². The molecule has 18 heavy (non-hydrogen) atoms.